The van der Waals surface area contributed by atoms with Gasteiger partial charge in [-0.15, -0.1) is 0 Å². The molecule has 13 heteroatoms. The average Bonchev–Trinajstić information content (AvgIpc) is 3.36. The van der Waals surface area contributed by atoms with Crippen molar-refractivity contribution in [3.8, 4) is 22.5 Å². The molecule has 0 amide bonds. The number of nitrogens with one attached hydrogen (secondary N) is 1. The highest BCUT2D eigenvalue weighted by Crippen LogP contribution is 2.36. The van der Waals surface area contributed by atoms with Crippen LogP contribution in [0.15, 0.2) is 59.8 Å². The van der Waals surface area contributed by atoms with Crippen molar-refractivity contribution in [1.82, 2.24) is 24.6 Å². The highest BCUT2D eigenvalue weighted by Gasteiger charge is 2.27. The van der Waals surface area contributed by atoms with Crippen molar-refractivity contribution < 1.29 is 21.6 Å². The van der Waals surface area contributed by atoms with E-state index >= 15 is 4.39 Å². The molecule has 0 saturated carbocycles. The maximum Gasteiger partial charge on any atom is 0.265 e. The Morgan fingerprint density at radius 3 is 2.56 bits per heavy atom. The summed E-state index contributed by atoms with van der Waals surface area (Å²) in [5, 5.41) is 4.71. The van der Waals surface area contributed by atoms with Crippen LogP contribution in [0.3, 0.4) is 0 Å². The number of aromatic nitrogens is 4. The Bertz CT molecular complexity index is 1620. The van der Waals surface area contributed by atoms with Crippen molar-refractivity contribution in [3.63, 3.8) is 0 Å². The molecule has 0 aliphatic carbocycles. The lowest BCUT2D eigenvalue weighted by Gasteiger charge is -2.31. The van der Waals surface area contributed by atoms with E-state index in [4.69, 9.17) is 10.8 Å². The number of sulfonamides is 1. The molecule has 0 radical (unpaired) electrons. The summed E-state index contributed by atoms with van der Waals surface area (Å²) in [4.78, 5) is 9.60. The Balaban J connectivity index is 1.57. The van der Waals surface area contributed by atoms with E-state index in [1.165, 1.54) is 24.4 Å². The molecule has 0 spiro atoms. The standard InChI is InChI=1S/C26H26F3N7O2S/c1-2-35-12-9-17(10-13-35)36-15-19(21-8-11-31-26(30)32-21)25(33-36)18-4-3-5-22(24(18)29)34-39(37,38)23-14-16(27)6-7-20(23)28/h3-8,11,14-15,17,34H,2,9-10,12-13H2,1H3,(H2,30,31,32). The van der Waals surface area contributed by atoms with Crippen LogP contribution in [0.2, 0.25) is 0 Å². The van der Waals surface area contributed by atoms with Crippen LogP contribution in [-0.2, 0) is 10.0 Å². The van der Waals surface area contributed by atoms with Crippen LogP contribution < -0.4 is 10.5 Å². The molecular formula is C26H26F3N7O2S. The predicted molar refractivity (Wildman–Crippen MR) is 141 cm³/mol. The van der Waals surface area contributed by atoms with Crippen molar-refractivity contribution in [2.24, 2.45) is 0 Å². The summed E-state index contributed by atoms with van der Waals surface area (Å²) in [5.74, 6) is -3.03. The van der Waals surface area contributed by atoms with Gasteiger partial charge in [-0.3, -0.25) is 9.40 Å². The van der Waals surface area contributed by atoms with Crippen LogP contribution in [0.4, 0.5) is 24.8 Å². The summed E-state index contributed by atoms with van der Waals surface area (Å²) in [5.41, 5.74) is 6.47. The van der Waals surface area contributed by atoms with Crippen LogP contribution in [0.1, 0.15) is 25.8 Å². The molecule has 204 valence electrons. The van der Waals surface area contributed by atoms with Crippen LogP contribution in [-0.4, -0.2) is 52.7 Å². The number of likely N-dealkylation sites (tertiary alicyclic amines) is 1. The molecule has 1 aliphatic heterocycles. The van der Waals surface area contributed by atoms with Crippen LogP contribution in [0, 0.1) is 17.5 Å². The first kappa shape index (κ1) is 26.6. The molecule has 39 heavy (non-hydrogen) atoms. The Morgan fingerprint density at radius 1 is 1.08 bits per heavy atom. The third kappa shape index (κ3) is 5.45. The van der Waals surface area contributed by atoms with Gasteiger partial charge in [0.25, 0.3) is 10.0 Å². The second-order valence-electron chi connectivity index (χ2n) is 9.18. The Morgan fingerprint density at radius 2 is 1.85 bits per heavy atom. The number of hydrogen-bond donors (Lipinski definition) is 2. The number of halogens is 3. The summed E-state index contributed by atoms with van der Waals surface area (Å²) >= 11 is 0. The van der Waals surface area contributed by atoms with Gasteiger partial charge in [0.2, 0.25) is 5.95 Å². The van der Waals surface area contributed by atoms with E-state index in [-0.39, 0.29) is 23.2 Å². The fourth-order valence-electron chi connectivity index (χ4n) is 4.67. The Labute approximate surface area is 223 Å². The van der Waals surface area contributed by atoms with Gasteiger partial charge in [-0.25, -0.2) is 31.6 Å². The summed E-state index contributed by atoms with van der Waals surface area (Å²) in [7, 11) is -4.65. The van der Waals surface area contributed by atoms with Crippen molar-refractivity contribution >= 4 is 21.7 Å². The quantitative estimate of drug-likeness (QED) is 0.344. The lowest BCUT2D eigenvalue weighted by atomic mass is 10.0. The molecule has 2 aromatic carbocycles. The predicted octanol–water partition coefficient (Wildman–Crippen LogP) is 4.46. The minimum atomic E-state index is -4.65. The normalized spacial score (nSPS) is 15.0. The molecule has 9 nitrogen and oxygen atoms in total. The van der Waals surface area contributed by atoms with Gasteiger partial charge in [-0.2, -0.15) is 5.10 Å². The second-order valence-corrected chi connectivity index (χ2v) is 10.8. The molecular weight excluding hydrogens is 531 g/mol. The highest BCUT2D eigenvalue weighted by molar-refractivity contribution is 7.92. The molecule has 3 heterocycles. The molecule has 0 atom stereocenters. The number of nitrogens with zero attached hydrogens (tertiary/aromatic N) is 5. The van der Waals surface area contributed by atoms with Gasteiger partial charge in [0.15, 0.2) is 5.82 Å². The average molecular weight is 558 g/mol. The first-order valence-electron chi connectivity index (χ1n) is 12.3. The molecule has 3 N–H and O–H groups in total. The summed E-state index contributed by atoms with van der Waals surface area (Å²) < 4.78 is 73.2. The lowest BCUT2D eigenvalue weighted by Crippen LogP contribution is -2.34. The number of nitrogens with two attached hydrogens (primary N) is 1. The number of anilines is 2. The van der Waals surface area contributed by atoms with Gasteiger partial charge < -0.3 is 10.6 Å². The fourth-order valence-corrected chi connectivity index (χ4v) is 5.82. The van der Waals surface area contributed by atoms with E-state index in [9.17, 15) is 17.2 Å². The third-order valence-electron chi connectivity index (χ3n) is 6.74. The molecule has 2 aromatic heterocycles. The summed E-state index contributed by atoms with van der Waals surface area (Å²) in [6, 6.07) is 7.78. The van der Waals surface area contributed by atoms with E-state index in [0.29, 0.717) is 23.4 Å². The minimum Gasteiger partial charge on any atom is -0.368 e. The fraction of sp³-hybridized carbons (Fsp3) is 0.269. The smallest absolute Gasteiger partial charge is 0.265 e. The number of nitrogen functional groups attached to an aromatic ring is 1. The highest BCUT2D eigenvalue weighted by atomic mass is 32.2. The van der Waals surface area contributed by atoms with Crippen molar-refractivity contribution in [3.05, 3.63) is 72.3 Å². The number of rotatable bonds is 7. The van der Waals surface area contributed by atoms with E-state index < -0.39 is 38.1 Å². The number of piperidine rings is 1. The van der Waals surface area contributed by atoms with Gasteiger partial charge in [0, 0.05) is 36.6 Å². The second kappa shape index (κ2) is 10.7. The lowest BCUT2D eigenvalue weighted by molar-refractivity contribution is 0.187. The monoisotopic (exact) mass is 557 g/mol. The largest absolute Gasteiger partial charge is 0.368 e. The maximum absolute atomic E-state index is 15.9. The van der Waals surface area contributed by atoms with Crippen molar-refractivity contribution in [2.75, 3.05) is 30.1 Å². The van der Waals surface area contributed by atoms with Crippen molar-refractivity contribution in [1.29, 1.82) is 0 Å². The number of hydrogen-bond acceptors (Lipinski definition) is 7. The van der Waals surface area contributed by atoms with E-state index in [1.54, 1.807) is 16.9 Å². The number of benzene rings is 2. The van der Waals surface area contributed by atoms with Gasteiger partial charge in [-0.1, -0.05) is 13.0 Å². The maximum atomic E-state index is 15.9. The Hall–Kier alpha value is -3.97. The van der Waals surface area contributed by atoms with Crippen LogP contribution >= 0.6 is 0 Å². The van der Waals surface area contributed by atoms with Gasteiger partial charge >= 0.3 is 0 Å². The van der Waals surface area contributed by atoms with Gasteiger partial charge in [-0.05, 0) is 55.8 Å². The summed E-state index contributed by atoms with van der Waals surface area (Å²) in [6.07, 6.45) is 4.96. The first-order chi connectivity index (χ1) is 18.7. The molecule has 1 saturated heterocycles. The topological polar surface area (TPSA) is 119 Å². The Kier molecular flexibility index (Phi) is 7.28. The zero-order valence-corrected chi connectivity index (χ0v) is 21.8. The molecule has 5 rings (SSSR count). The van der Waals surface area contributed by atoms with E-state index in [1.807, 2.05) is 4.72 Å². The molecule has 0 unspecified atom stereocenters. The molecule has 1 fully saturated rings. The van der Waals surface area contributed by atoms with Gasteiger partial charge in [0.1, 0.15) is 22.2 Å². The van der Waals surface area contributed by atoms with Crippen LogP contribution in [0.5, 0.6) is 0 Å². The molecule has 4 aromatic rings. The van der Waals surface area contributed by atoms with Crippen molar-refractivity contribution in [2.45, 2.75) is 30.7 Å². The summed E-state index contributed by atoms with van der Waals surface area (Å²) in [6.45, 7) is 4.86. The zero-order valence-electron chi connectivity index (χ0n) is 21.0. The minimum absolute atomic E-state index is 0.00755. The van der Waals surface area contributed by atoms with E-state index in [0.717, 1.165) is 38.5 Å². The molecule has 1 aliphatic rings. The SMILES string of the molecule is CCN1CCC(n2cc(-c3ccnc(N)n3)c(-c3cccc(NS(=O)(=O)c4cc(F)ccc4F)c3F)n2)CC1. The molecule has 0 bridgehead atoms. The van der Waals surface area contributed by atoms with Gasteiger partial charge in [0.05, 0.1) is 17.4 Å². The third-order valence-corrected chi connectivity index (χ3v) is 8.12. The zero-order chi connectivity index (χ0) is 27.7. The first-order valence-corrected chi connectivity index (χ1v) is 13.8. The van der Waals surface area contributed by atoms with Crippen LogP contribution in [0.25, 0.3) is 22.5 Å². The van der Waals surface area contributed by atoms with E-state index in [2.05, 4.69) is 21.8 Å².